The van der Waals surface area contributed by atoms with Gasteiger partial charge < -0.3 is 5.73 Å². The molecule has 17 heavy (non-hydrogen) atoms. The van der Waals surface area contributed by atoms with E-state index in [2.05, 4.69) is 13.8 Å². The van der Waals surface area contributed by atoms with Gasteiger partial charge in [0, 0.05) is 10.6 Å². The molecule has 0 spiro atoms. The molecule has 94 valence electrons. The lowest BCUT2D eigenvalue weighted by molar-refractivity contribution is 0.0167. The molecule has 0 aromatic heterocycles. The zero-order chi connectivity index (χ0) is 12.7. The molecule has 0 bridgehead atoms. The summed E-state index contributed by atoms with van der Waals surface area (Å²) in [6, 6.07) is 4.52. The topological polar surface area (TPSA) is 26.0 Å². The maximum atomic E-state index is 13.0. The number of hydrogen-bond acceptors (Lipinski definition) is 1. The van der Waals surface area contributed by atoms with Gasteiger partial charge in [-0.3, -0.25) is 0 Å². The molecule has 1 aromatic carbocycles. The SMILES string of the molecule is CCC1(CC)CC(N)(c2ccc(F)cc2Cl)C1. The zero-order valence-corrected chi connectivity index (χ0v) is 11.1. The zero-order valence-electron chi connectivity index (χ0n) is 10.4. The van der Waals surface area contributed by atoms with E-state index in [4.69, 9.17) is 17.3 Å². The molecule has 1 saturated carbocycles. The summed E-state index contributed by atoms with van der Waals surface area (Å²) in [4.78, 5) is 0. The predicted molar refractivity (Wildman–Crippen MR) is 69.5 cm³/mol. The molecule has 1 fully saturated rings. The predicted octanol–water partition coefficient (Wildman–Crippen LogP) is 4.23. The van der Waals surface area contributed by atoms with Crippen LogP contribution in [0.25, 0.3) is 0 Å². The first-order valence-corrected chi connectivity index (χ1v) is 6.57. The van der Waals surface area contributed by atoms with Crippen LogP contribution in [0.2, 0.25) is 5.02 Å². The maximum absolute atomic E-state index is 13.0. The third-order valence-corrected chi connectivity index (χ3v) is 4.66. The van der Waals surface area contributed by atoms with Crippen molar-refractivity contribution >= 4 is 11.6 Å². The van der Waals surface area contributed by atoms with Gasteiger partial charge in [0.25, 0.3) is 0 Å². The summed E-state index contributed by atoms with van der Waals surface area (Å²) in [7, 11) is 0. The van der Waals surface area contributed by atoms with Crippen molar-refractivity contribution in [2.45, 2.75) is 45.1 Å². The van der Waals surface area contributed by atoms with E-state index in [-0.39, 0.29) is 11.4 Å². The van der Waals surface area contributed by atoms with Crippen molar-refractivity contribution in [3.05, 3.63) is 34.6 Å². The summed E-state index contributed by atoms with van der Waals surface area (Å²) < 4.78 is 13.0. The second-order valence-electron chi connectivity index (χ2n) is 5.34. The van der Waals surface area contributed by atoms with E-state index < -0.39 is 0 Å². The lowest BCUT2D eigenvalue weighted by atomic mass is 9.53. The maximum Gasteiger partial charge on any atom is 0.124 e. The van der Waals surface area contributed by atoms with Gasteiger partial charge in [0.1, 0.15) is 5.82 Å². The highest BCUT2D eigenvalue weighted by molar-refractivity contribution is 6.31. The van der Waals surface area contributed by atoms with Crippen molar-refractivity contribution in [2.24, 2.45) is 11.1 Å². The Morgan fingerprint density at radius 1 is 1.29 bits per heavy atom. The fourth-order valence-corrected chi connectivity index (χ4v) is 3.48. The molecule has 1 nitrogen and oxygen atoms in total. The van der Waals surface area contributed by atoms with Crippen LogP contribution in [-0.2, 0) is 5.54 Å². The lowest BCUT2D eigenvalue weighted by Crippen LogP contribution is -2.55. The van der Waals surface area contributed by atoms with E-state index in [1.807, 2.05) is 0 Å². The number of nitrogens with two attached hydrogens (primary N) is 1. The van der Waals surface area contributed by atoms with E-state index in [1.165, 1.54) is 12.1 Å². The fraction of sp³-hybridized carbons (Fsp3) is 0.571. The van der Waals surface area contributed by atoms with Crippen molar-refractivity contribution in [1.29, 1.82) is 0 Å². The van der Waals surface area contributed by atoms with Crippen LogP contribution in [0, 0.1) is 11.2 Å². The first-order chi connectivity index (χ1) is 7.95. The third-order valence-electron chi connectivity index (χ3n) is 4.35. The number of rotatable bonds is 3. The molecule has 1 aromatic rings. The molecule has 3 heteroatoms. The summed E-state index contributed by atoms with van der Waals surface area (Å²) in [6.45, 7) is 4.41. The van der Waals surface area contributed by atoms with E-state index in [0.717, 1.165) is 31.2 Å². The smallest absolute Gasteiger partial charge is 0.124 e. The molecule has 2 N–H and O–H groups in total. The van der Waals surface area contributed by atoms with Gasteiger partial charge in [0.05, 0.1) is 0 Å². The lowest BCUT2D eigenvalue weighted by Gasteiger charge is -2.55. The third kappa shape index (κ3) is 2.09. The van der Waals surface area contributed by atoms with E-state index in [9.17, 15) is 4.39 Å². The van der Waals surface area contributed by atoms with Crippen LogP contribution in [0.3, 0.4) is 0 Å². The first kappa shape index (κ1) is 12.8. The average Bonchev–Trinajstić information content (AvgIpc) is 2.24. The van der Waals surface area contributed by atoms with Crippen molar-refractivity contribution < 1.29 is 4.39 Å². The molecular weight excluding hydrogens is 237 g/mol. The molecule has 2 rings (SSSR count). The van der Waals surface area contributed by atoms with Crippen LogP contribution < -0.4 is 5.73 Å². The van der Waals surface area contributed by atoms with E-state index in [1.54, 1.807) is 6.07 Å². The van der Waals surface area contributed by atoms with Gasteiger partial charge in [-0.1, -0.05) is 44.4 Å². The van der Waals surface area contributed by atoms with E-state index >= 15 is 0 Å². The van der Waals surface area contributed by atoms with Gasteiger partial charge >= 0.3 is 0 Å². The quantitative estimate of drug-likeness (QED) is 0.859. The van der Waals surface area contributed by atoms with Crippen molar-refractivity contribution in [1.82, 2.24) is 0 Å². The molecule has 0 aliphatic heterocycles. The van der Waals surface area contributed by atoms with Gasteiger partial charge in [0.15, 0.2) is 0 Å². The minimum absolute atomic E-state index is 0.307. The molecule has 1 aliphatic carbocycles. The van der Waals surface area contributed by atoms with Gasteiger partial charge in [-0.15, -0.1) is 0 Å². The average molecular weight is 256 g/mol. The standard InChI is InChI=1S/C14H19ClFN/c1-3-13(4-2)8-14(17,9-13)11-6-5-10(16)7-12(11)15/h5-7H,3-4,8-9,17H2,1-2H3. The molecule has 0 heterocycles. The van der Waals surface area contributed by atoms with Crippen molar-refractivity contribution in [2.75, 3.05) is 0 Å². The van der Waals surface area contributed by atoms with Gasteiger partial charge in [-0.05, 0) is 36.0 Å². The highest BCUT2D eigenvalue weighted by atomic mass is 35.5. The monoisotopic (exact) mass is 255 g/mol. The van der Waals surface area contributed by atoms with E-state index in [0.29, 0.717) is 10.4 Å². The van der Waals surface area contributed by atoms with Crippen LogP contribution in [0.5, 0.6) is 0 Å². The number of halogens is 2. The van der Waals surface area contributed by atoms with Gasteiger partial charge in [-0.25, -0.2) is 4.39 Å². The Kier molecular flexibility index (Phi) is 3.21. The second-order valence-corrected chi connectivity index (χ2v) is 5.75. The van der Waals surface area contributed by atoms with Crippen molar-refractivity contribution in [3.8, 4) is 0 Å². The Hall–Kier alpha value is -0.600. The Labute approximate surface area is 107 Å². The molecule has 0 unspecified atom stereocenters. The molecule has 0 atom stereocenters. The Morgan fingerprint density at radius 3 is 2.35 bits per heavy atom. The van der Waals surface area contributed by atoms with Crippen LogP contribution in [0.4, 0.5) is 4.39 Å². The van der Waals surface area contributed by atoms with Crippen LogP contribution in [0.15, 0.2) is 18.2 Å². The fourth-order valence-electron chi connectivity index (χ4n) is 3.12. The van der Waals surface area contributed by atoms with Crippen LogP contribution in [0.1, 0.15) is 45.1 Å². The number of hydrogen-bond donors (Lipinski definition) is 1. The second kappa shape index (κ2) is 4.25. The first-order valence-electron chi connectivity index (χ1n) is 6.19. The molecule has 0 saturated heterocycles. The molecule has 0 amide bonds. The normalized spacial score (nSPS) is 21.0. The largest absolute Gasteiger partial charge is 0.321 e. The van der Waals surface area contributed by atoms with Crippen molar-refractivity contribution in [3.63, 3.8) is 0 Å². The minimum Gasteiger partial charge on any atom is -0.321 e. The van der Waals surface area contributed by atoms with Gasteiger partial charge in [0.2, 0.25) is 0 Å². The minimum atomic E-state index is -0.364. The summed E-state index contributed by atoms with van der Waals surface area (Å²) in [6.07, 6.45) is 4.17. The summed E-state index contributed by atoms with van der Waals surface area (Å²) in [5.74, 6) is -0.307. The number of benzene rings is 1. The Bertz CT molecular complexity index is 418. The highest BCUT2D eigenvalue weighted by Gasteiger charge is 2.51. The summed E-state index contributed by atoms with van der Waals surface area (Å²) >= 11 is 6.09. The summed E-state index contributed by atoms with van der Waals surface area (Å²) in [5, 5.41) is 0.452. The van der Waals surface area contributed by atoms with Crippen LogP contribution >= 0.6 is 11.6 Å². The van der Waals surface area contributed by atoms with Crippen LogP contribution in [-0.4, -0.2) is 0 Å². The molecular formula is C14H19ClFN. The molecule has 1 aliphatic rings. The Balaban J connectivity index is 2.25. The molecule has 0 radical (unpaired) electrons. The summed E-state index contributed by atoms with van der Waals surface area (Å²) in [5.41, 5.74) is 7.27. The Morgan fingerprint density at radius 2 is 1.88 bits per heavy atom. The highest BCUT2D eigenvalue weighted by Crippen LogP contribution is 2.57. The van der Waals surface area contributed by atoms with Gasteiger partial charge in [-0.2, -0.15) is 0 Å².